The zero-order chi connectivity index (χ0) is 21.8. The molecule has 0 aliphatic heterocycles. The molecule has 0 N–H and O–H groups in total. The van der Waals surface area contributed by atoms with Crippen LogP contribution in [0.1, 0.15) is 28.2 Å². The van der Waals surface area contributed by atoms with Crippen molar-refractivity contribution in [1.29, 1.82) is 0 Å². The van der Waals surface area contributed by atoms with E-state index >= 15 is 0 Å². The van der Waals surface area contributed by atoms with Gasteiger partial charge in [0.05, 0.1) is 6.61 Å². The van der Waals surface area contributed by atoms with E-state index in [1.165, 1.54) is 44.5 Å². The van der Waals surface area contributed by atoms with E-state index < -0.39 is 0 Å². The Balaban J connectivity index is 1.89. The molecule has 156 valence electrons. The van der Waals surface area contributed by atoms with Crippen LogP contribution >= 0.6 is 0 Å². The Kier molecular flexibility index (Phi) is 5.83. The van der Waals surface area contributed by atoms with Crippen LogP contribution in [0.2, 0.25) is 0 Å². The van der Waals surface area contributed by atoms with Gasteiger partial charge in [-0.05, 0) is 44.5 Å². The Hall–Kier alpha value is -3.68. The van der Waals surface area contributed by atoms with Gasteiger partial charge in [0.15, 0.2) is 0 Å². The van der Waals surface area contributed by atoms with Gasteiger partial charge >= 0.3 is 0 Å². The maximum atomic E-state index is 5.81. The highest BCUT2D eigenvalue weighted by molar-refractivity contribution is 6.21. The highest BCUT2D eigenvalue weighted by Crippen LogP contribution is 2.55. The van der Waals surface area contributed by atoms with Gasteiger partial charge in [-0.3, -0.25) is 0 Å². The van der Waals surface area contributed by atoms with E-state index in [0.29, 0.717) is 6.61 Å². The van der Waals surface area contributed by atoms with Crippen LogP contribution in [0.3, 0.4) is 0 Å². The van der Waals surface area contributed by atoms with Crippen molar-refractivity contribution in [1.82, 2.24) is 0 Å². The van der Waals surface area contributed by atoms with Gasteiger partial charge in [0.1, 0.15) is 0 Å². The molecule has 0 saturated heterocycles. The summed E-state index contributed by atoms with van der Waals surface area (Å²) in [6.45, 7) is 0.580. The smallest absolute Gasteiger partial charge is 0.0691 e. The molecule has 1 atom stereocenters. The summed E-state index contributed by atoms with van der Waals surface area (Å²) in [4.78, 5) is 0. The Bertz CT molecular complexity index is 1240. The van der Waals surface area contributed by atoms with Gasteiger partial charge in [0.2, 0.25) is 0 Å². The lowest BCUT2D eigenvalue weighted by molar-refractivity contribution is 0.223. The average molecular weight is 415 g/mol. The summed E-state index contributed by atoms with van der Waals surface area (Å²) in [6.07, 6.45) is 0. The predicted molar refractivity (Wildman–Crippen MR) is 134 cm³/mol. The monoisotopic (exact) mass is 414 g/mol. The number of benzene rings is 4. The van der Waals surface area contributed by atoms with Crippen molar-refractivity contribution in [2.24, 2.45) is 0 Å². The standard InChI is InChI=1S/C31H26O/c1-32-22-27-28(23-14-6-2-7-15-23)30(25-18-10-4-11-19-25)31(26-20-12-5-13-21-26)29(27)24-16-8-3-9-17-24/h2-21,28H,22H2,1H3. The second-order valence-corrected chi connectivity index (χ2v) is 8.06. The minimum atomic E-state index is 0.129. The van der Waals surface area contributed by atoms with Crippen LogP contribution < -0.4 is 0 Å². The Morgan fingerprint density at radius 3 is 1.47 bits per heavy atom. The van der Waals surface area contributed by atoms with Gasteiger partial charge in [-0.15, -0.1) is 0 Å². The fourth-order valence-corrected chi connectivity index (χ4v) is 4.85. The Labute approximate surface area is 190 Å². The van der Waals surface area contributed by atoms with Crippen molar-refractivity contribution in [3.8, 4) is 0 Å². The first-order valence-corrected chi connectivity index (χ1v) is 11.1. The van der Waals surface area contributed by atoms with Crippen LogP contribution in [0, 0.1) is 0 Å². The largest absolute Gasteiger partial charge is 0.380 e. The van der Waals surface area contributed by atoms with Crippen molar-refractivity contribution in [3.05, 3.63) is 149 Å². The van der Waals surface area contributed by atoms with E-state index in [2.05, 4.69) is 121 Å². The van der Waals surface area contributed by atoms with E-state index in [0.717, 1.165) is 0 Å². The summed E-state index contributed by atoms with van der Waals surface area (Å²) in [7, 11) is 1.79. The van der Waals surface area contributed by atoms with E-state index in [9.17, 15) is 0 Å². The molecule has 1 unspecified atom stereocenters. The number of rotatable bonds is 6. The minimum absolute atomic E-state index is 0.129. The molecule has 0 amide bonds. The summed E-state index contributed by atoms with van der Waals surface area (Å²) in [5.74, 6) is 0.129. The third-order valence-electron chi connectivity index (χ3n) is 6.12. The highest BCUT2D eigenvalue weighted by Gasteiger charge is 2.36. The van der Waals surface area contributed by atoms with Crippen molar-refractivity contribution >= 4 is 16.7 Å². The molecule has 0 spiro atoms. The van der Waals surface area contributed by atoms with Crippen LogP contribution in [0.15, 0.2) is 127 Å². The molecule has 1 nitrogen and oxygen atoms in total. The van der Waals surface area contributed by atoms with Crippen molar-refractivity contribution in [3.63, 3.8) is 0 Å². The van der Waals surface area contributed by atoms with E-state index in [1.54, 1.807) is 7.11 Å². The lowest BCUT2D eigenvalue weighted by Crippen LogP contribution is -2.07. The summed E-state index contributed by atoms with van der Waals surface area (Å²) in [5, 5.41) is 0. The molecule has 0 fully saturated rings. The summed E-state index contributed by atoms with van der Waals surface area (Å²) in [5.41, 5.74) is 10.2. The molecule has 32 heavy (non-hydrogen) atoms. The Morgan fingerprint density at radius 2 is 0.969 bits per heavy atom. The van der Waals surface area contributed by atoms with Crippen molar-refractivity contribution < 1.29 is 4.74 Å². The van der Waals surface area contributed by atoms with E-state index in [1.807, 2.05) is 0 Å². The van der Waals surface area contributed by atoms with Gasteiger partial charge in [-0.2, -0.15) is 0 Å². The molecule has 4 aromatic carbocycles. The molecular formula is C31H26O. The molecule has 0 radical (unpaired) electrons. The number of methoxy groups -OCH3 is 1. The van der Waals surface area contributed by atoms with Crippen LogP contribution in [0.4, 0.5) is 0 Å². The zero-order valence-electron chi connectivity index (χ0n) is 18.2. The summed E-state index contributed by atoms with van der Waals surface area (Å²) >= 11 is 0. The third-order valence-corrected chi connectivity index (χ3v) is 6.12. The molecule has 1 aliphatic carbocycles. The number of ether oxygens (including phenoxy) is 1. The van der Waals surface area contributed by atoms with E-state index in [4.69, 9.17) is 4.74 Å². The normalized spacial score (nSPS) is 16.0. The molecule has 5 rings (SSSR count). The first-order chi connectivity index (χ1) is 15.9. The second-order valence-electron chi connectivity index (χ2n) is 8.06. The molecule has 0 aromatic heterocycles. The first-order valence-electron chi connectivity index (χ1n) is 11.1. The molecule has 4 aromatic rings. The third kappa shape index (κ3) is 3.72. The number of allylic oxidation sites excluding steroid dienone is 3. The fourth-order valence-electron chi connectivity index (χ4n) is 4.85. The molecular weight excluding hydrogens is 388 g/mol. The number of hydrogen-bond acceptors (Lipinski definition) is 1. The van der Waals surface area contributed by atoms with E-state index in [-0.39, 0.29) is 5.92 Å². The first kappa shape index (κ1) is 20.2. The molecule has 0 heterocycles. The fraction of sp³-hybridized carbons (Fsp3) is 0.0968. The summed E-state index contributed by atoms with van der Waals surface area (Å²) < 4.78 is 5.81. The van der Waals surface area contributed by atoms with Crippen LogP contribution in [-0.4, -0.2) is 13.7 Å². The maximum Gasteiger partial charge on any atom is 0.0691 e. The molecule has 0 saturated carbocycles. The average Bonchev–Trinajstić information content (AvgIpc) is 3.21. The van der Waals surface area contributed by atoms with Gasteiger partial charge in [0, 0.05) is 13.0 Å². The van der Waals surface area contributed by atoms with Gasteiger partial charge in [0.25, 0.3) is 0 Å². The summed E-state index contributed by atoms with van der Waals surface area (Å²) in [6, 6.07) is 43.1. The SMILES string of the molecule is COCC1=C(c2ccccc2)C(c2ccccc2)=C(c2ccccc2)C1c1ccccc1. The van der Waals surface area contributed by atoms with Gasteiger partial charge in [-0.1, -0.05) is 121 Å². The van der Waals surface area contributed by atoms with Crippen molar-refractivity contribution in [2.45, 2.75) is 5.92 Å². The zero-order valence-corrected chi connectivity index (χ0v) is 18.2. The molecule has 1 heteroatoms. The van der Waals surface area contributed by atoms with Gasteiger partial charge in [-0.25, -0.2) is 0 Å². The van der Waals surface area contributed by atoms with Crippen LogP contribution in [0.25, 0.3) is 16.7 Å². The molecule has 0 bridgehead atoms. The molecule has 1 aliphatic rings. The predicted octanol–water partition coefficient (Wildman–Crippen LogP) is 7.50. The maximum absolute atomic E-state index is 5.81. The number of hydrogen-bond donors (Lipinski definition) is 0. The quantitative estimate of drug-likeness (QED) is 0.317. The minimum Gasteiger partial charge on any atom is -0.380 e. The van der Waals surface area contributed by atoms with Gasteiger partial charge < -0.3 is 4.74 Å². The lowest BCUT2D eigenvalue weighted by Gasteiger charge is -2.21. The van der Waals surface area contributed by atoms with Crippen LogP contribution in [-0.2, 0) is 4.74 Å². The second kappa shape index (κ2) is 9.21. The van der Waals surface area contributed by atoms with Crippen LogP contribution in [0.5, 0.6) is 0 Å². The Morgan fingerprint density at radius 1 is 0.531 bits per heavy atom. The lowest BCUT2D eigenvalue weighted by atomic mass is 9.83. The topological polar surface area (TPSA) is 9.23 Å². The highest BCUT2D eigenvalue weighted by atomic mass is 16.5. The van der Waals surface area contributed by atoms with Crippen molar-refractivity contribution in [2.75, 3.05) is 13.7 Å².